The van der Waals surface area contributed by atoms with Gasteiger partial charge in [0.15, 0.2) is 0 Å². The van der Waals surface area contributed by atoms with Gasteiger partial charge in [-0.15, -0.1) is 11.8 Å². The summed E-state index contributed by atoms with van der Waals surface area (Å²) in [6, 6.07) is 15.5. The van der Waals surface area contributed by atoms with E-state index in [1.807, 2.05) is 51.1 Å². The van der Waals surface area contributed by atoms with E-state index in [0.29, 0.717) is 6.42 Å². The highest BCUT2D eigenvalue weighted by molar-refractivity contribution is 7.99. The zero-order valence-corrected chi connectivity index (χ0v) is 18.8. The van der Waals surface area contributed by atoms with E-state index in [9.17, 15) is 14.0 Å². The molecule has 0 fully saturated rings. The average Bonchev–Trinajstić information content (AvgIpc) is 2.75. The summed E-state index contributed by atoms with van der Waals surface area (Å²) in [5, 5.41) is 2.99. The first-order chi connectivity index (χ1) is 14.4. The van der Waals surface area contributed by atoms with Crippen molar-refractivity contribution >= 4 is 23.6 Å². The summed E-state index contributed by atoms with van der Waals surface area (Å²) in [5.74, 6) is 0.453. The maximum absolute atomic E-state index is 13.3. The molecule has 0 heterocycles. The first-order valence-electron chi connectivity index (χ1n) is 10.4. The second-order valence-electron chi connectivity index (χ2n) is 7.37. The Morgan fingerprint density at radius 1 is 1.00 bits per heavy atom. The molecule has 2 atom stereocenters. The maximum Gasteiger partial charge on any atom is 0.243 e. The highest BCUT2D eigenvalue weighted by Crippen LogP contribution is 2.17. The van der Waals surface area contributed by atoms with Crippen molar-refractivity contribution in [2.75, 3.05) is 5.75 Å². The predicted molar refractivity (Wildman–Crippen MR) is 122 cm³/mol. The average molecular weight is 431 g/mol. The maximum atomic E-state index is 13.3. The first-order valence-corrected chi connectivity index (χ1v) is 11.6. The Morgan fingerprint density at radius 2 is 1.67 bits per heavy atom. The zero-order valence-electron chi connectivity index (χ0n) is 17.9. The van der Waals surface area contributed by atoms with E-state index in [1.54, 1.807) is 17.0 Å². The van der Waals surface area contributed by atoms with Crippen LogP contribution >= 0.6 is 11.8 Å². The van der Waals surface area contributed by atoms with E-state index in [-0.39, 0.29) is 36.0 Å². The second kappa shape index (κ2) is 12.4. The highest BCUT2D eigenvalue weighted by Gasteiger charge is 2.29. The molecule has 0 saturated carbocycles. The number of halogens is 1. The van der Waals surface area contributed by atoms with Crippen molar-refractivity contribution in [3.05, 3.63) is 71.5 Å². The SMILES string of the molecule is CC[C@@H](C)NC(=O)[C@H](CC)N(Cc1ccc(F)cc1)C(=O)CSCc1ccccc1. The molecule has 2 rings (SSSR count). The standard InChI is InChI=1S/C24H31FN2O2S/c1-4-18(3)26-24(29)22(5-2)27(15-19-11-13-21(25)14-12-19)23(28)17-30-16-20-9-7-6-8-10-20/h6-14,18,22H,4-5,15-17H2,1-3H3,(H,26,29)/t18-,22+/m1/s1. The largest absolute Gasteiger partial charge is 0.352 e. The van der Waals surface area contributed by atoms with Gasteiger partial charge in [-0.1, -0.05) is 56.3 Å². The molecule has 162 valence electrons. The van der Waals surface area contributed by atoms with E-state index in [0.717, 1.165) is 23.3 Å². The lowest BCUT2D eigenvalue weighted by Crippen LogP contribution is -2.51. The summed E-state index contributed by atoms with van der Waals surface area (Å²) in [7, 11) is 0. The fourth-order valence-corrected chi connectivity index (χ4v) is 3.93. The van der Waals surface area contributed by atoms with Crippen molar-refractivity contribution in [3.63, 3.8) is 0 Å². The van der Waals surface area contributed by atoms with Gasteiger partial charge in [0.2, 0.25) is 11.8 Å². The van der Waals surface area contributed by atoms with Gasteiger partial charge in [-0.05, 0) is 43.0 Å². The van der Waals surface area contributed by atoms with Gasteiger partial charge >= 0.3 is 0 Å². The van der Waals surface area contributed by atoms with Crippen LogP contribution in [0.25, 0.3) is 0 Å². The molecular weight excluding hydrogens is 399 g/mol. The summed E-state index contributed by atoms with van der Waals surface area (Å²) in [5.41, 5.74) is 1.95. The molecule has 2 amide bonds. The van der Waals surface area contributed by atoms with Crippen molar-refractivity contribution < 1.29 is 14.0 Å². The minimum Gasteiger partial charge on any atom is -0.352 e. The van der Waals surface area contributed by atoms with Crippen molar-refractivity contribution in [2.24, 2.45) is 0 Å². The number of benzene rings is 2. The summed E-state index contributed by atoms with van der Waals surface area (Å²) in [6.45, 7) is 6.14. The molecule has 0 spiro atoms. The van der Waals surface area contributed by atoms with E-state index in [1.165, 1.54) is 23.9 Å². The van der Waals surface area contributed by atoms with Crippen LogP contribution in [0.2, 0.25) is 0 Å². The zero-order chi connectivity index (χ0) is 21.9. The third kappa shape index (κ3) is 7.48. The van der Waals surface area contributed by atoms with Crippen molar-refractivity contribution in [1.82, 2.24) is 10.2 Å². The van der Waals surface area contributed by atoms with E-state index in [4.69, 9.17) is 0 Å². The summed E-state index contributed by atoms with van der Waals surface area (Å²) < 4.78 is 13.3. The Balaban J connectivity index is 2.12. The lowest BCUT2D eigenvalue weighted by molar-refractivity contribution is -0.139. The fraction of sp³-hybridized carbons (Fsp3) is 0.417. The van der Waals surface area contributed by atoms with Gasteiger partial charge in [-0.3, -0.25) is 9.59 Å². The predicted octanol–water partition coefficient (Wildman–Crippen LogP) is 4.78. The van der Waals surface area contributed by atoms with Gasteiger partial charge in [0.05, 0.1) is 5.75 Å². The second-order valence-corrected chi connectivity index (χ2v) is 8.35. The molecule has 0 aromatic heterocycles. The molecule has 0 unspecified atom stereocenters. The molecule has 0 aliphatic carbocycles. The highest BCUT2D eigenvalue weighted by atomic mass is 32.2. The first kappa shape index (κ1) is 23.9. The van der Waals surface area contributed by atoms with Crippen LogP contribution in [0, 0.1) is 5.82 Å². The van der Waals surface area contributed by atoms with Crippen LogP contribution in [0.3, 0.4) is 0 Å². The molecule has 2 aromatic rings. The van der Waals surface area contributed by atoms with Crippen LogP contribution in [0.4, 0.5) is 4.39 Å². The Morgan fingerprint density at radius 3 is 2.27 bits per heavy atom. The normalized spacial score (nSPS) is 12.8. The van der Waals surface area contributed by atoms with E-state index in [2.05, 4.69) is 5.32 Å². The molecule has 2 aromatic carbocycles. The number of rotatable bonds is 11. The van der Waals surface area contributed by atoms with E-state index < -0.39 is 6.04 Å². The molecular formula is C24H31FN2O2S. The molecule has 30 heavy (non-hydrogen) atoms. The van der Waals surface area contributed by atoms with E-state index >= 15 is 0 Å². The Hall–Kier alpha value is -2.34. The van der Waals surface area contributed by atoms with Crippen LogP contribution in [0.5, 0.6) is 0 Å². The topological polar surface area (TPSA) is 49.4 Å². The number of nitrogens with one attached hydrogen (secondary N) is 1. The van der Waals surface area contributed by atoms with Gasteiger partial charge in [0.25, 0.3) is 0 Å². The third-order valence-corrected chi connectivity index (χ3v) is 5.98. The minimum absolute atomic E-state index is 0.0433. The fourth-order valence-electron chi connectivity index (χ4n) is 3.06. The van der Waals surface area contributed by atoms with Gasteiger partial charge < -0.3 is 10.2 Å². The number of hydrogen-bond donors (Lipinski definition) is 1. The van der Waals surface area contributed by atoms with Crippen molar-refractivity contribution in [1.29, 1.82) is 0 Å². The van der Waals surface area contributed by atoms with Crippen LogP contribution < -0.4 is 5.32 Å². The number of nitrogens with zero attached hydrogens (tertiary/aromatic N) is 1. The van der Waals surface area contributed by atoms with Gasteiger partial charge in [0.1, 0.15) is 11.9 Å². The monoisotopic (exact) mass is 430 g/mol. The molecule has 6 heteroatoms. The van der Waals surface area contributed by atoms with Crippen molar-refractivity contribution in [3.8, 4) is 0 Å². The molecule has 0 saturated heterocycles. The number of carbonyl (C=O) groups is 2. The van der Waals surface area contributed by atoms with Crippen molar-refractivity contribution in [2.45, 2.75) is 58.0 Å². The molecule has 0 aliphatic heterocycles. The number of amides is 2. The lowest BCUT2D eigenvalue weighted by Gasteiger charge is -2.31. The van der Waals surface area contributed by atoms with Gasteiger partial charge in [-0.25, -0.2) is 4.39 Å². The Labute approximate surface area is 183 Å². The van der Waals surface area contributed by atoms with Crippen LogP contribution in [0.1, 0.15) is 44.7 Å². The number of hydrogen-bond acceptors (Lipinski definition) is 3. The number of carbonyl (C=O) groups excluding carboxylic acids is 2. The molecule has 1 N–H and O–H groups in total. The summed E-state index contributed by atoms with van der Waals surface area (Å²) in [4.78, 5) is 27.6. The molecule has 0 bridgehead atoms. The van der Waals surface area contributed by atoms with Gasteiger partial charge in [-0.2, -0.15) is 0 Å². The smallest absolute Gasteiger partial charge is 0.243 e. The van der Waals surface area contributed by atoms with Crippen LogP contribution in [-0.2, 0) is 21.9 Å². The quantitative estimate of drug-likeness (QED) is 0.558. The number of thioether (sulfide) groups is 1. The molecule has 0 aliphatic rings. The Bertz CT molecular complexity index is 799. The Kier molecular flexibility index (Phi) is 9.87. The molecule has 4 nitrogen and oxygen atoms in total. The van der Waals surface area contributed by atoms with Crippen LogP contribution in [-0.4, -0.2) is 34.6 Å². The van der Waals surface area contributed by atoms with Crippen LogP contribution in [0.15, 0.2) is 54.6 Å². The summed E-state index contributed by atoms with van der Waals surface area (Å²) in [6.07, 6.45) is 1.33. The minimum atomic E-state index is -0.561. The lowest BCUT2D eigenvalue weighted by atomic mass is 10.1. The van der Waals surface area contributed by atoms with Gasteiger partial charge in [0, 0.05) is 18.3 Å². The summed E-state index contributed by atoms with van der Waals surface area (Å²) >= 11 is 1.53. The third-order valence-electron chi connectivity index (χ3n) is 4.99. The molecule has 0 radical (unpaired) electrons.